The first-order valence-electron chi connectivity index (χ1n) is 1.97. The van der Waals surface area contributed by atoms with E-state index in [1.165, 1.54) is 0 Å². The van der Waals surface area contributed by atoms with Gasteiger partial charge in [-0.15, -0.1) is 11.6 Å². The molecule has 0 aliphatic carbocycles. The number of hydrogen-bond acceptors (Lipinski definition) is 1. The molecule has 0 aromatic heterocycles. The van der Waals surface area contributed by atoms with Gasteiger partial charge in [-0.2, -0.15) is 0 Å². The first-order valence-corrected chi connectivity index (χ1v) is 2.50. The first-order chi connectivity index (χ1) is 2.77. The van der Waals surface area contributed by atoms with Crippen LogP contribution in [0.4, 0.5) is 0 Å². The number of halogens is 1. The van der Waals surface area contributed by atoms with Crippen LogP contribution in [0.3, 0.4) is 0 Å². The molecule has 0 spiro atoms. The second kappa shape index (κ2) is 1.11. The minimum Gasteiger partial charge on any atom is -0.369 e. The lowest BCUT2D eigenvalue weighted by molar-refractivity contribution is 0.347. The van der Waals surface area contributed by atoms with Crippen molar-refractivity contribution in [3.63, 3.8) is 0 Å². The highest BCUT2D eigenvalue weighted by atomic mass is 35.5. The standard InChI is InChI=1S/C4H7ClO/c1-4(2-5)3-6-4/h2-3H2,1H3/t4-/m0/s1. The van der Waals surface area contributed by atoms with E-state index in [9.17, 15) is 0 Å². The number of alkyl halides is 1. The van der Waals surface area contributed by atoms with E-state index in [2.05, 4.69) is 0 Å². The maximum Gasteiger partial charge on any atom is 0.102 e. The largest absolute Gasteiger partial charge is 0.369 e. The van der Waals surface area contributed by atoms with Gasteiger partial charge in [0.05, 0.1) is 12.5 Å². The van der Waals surface area contributed by atoms with Crippen molar-refractivity contribution in [2.75, 3.05) is 12.5 Å². The molecule has 0 N–H and O–H groups in total. The van der Waals surface area contributed by atoms with E-state index in [-0.39, 0.29) is 5.60 Å². The summed E-state index contributed by atoms with van der Waals surface area (Å²) in [5.41, 5.74) is 0.0571. The van der Waals surface area contributed by atoms with Gasteiger partial charge in [0.25, 0.3) is 0 Å². The topological polar surface area (TPSA) is 12.5 Å². The second-order valence-corrected chi connectivity index (χ2v) is 2.14. The highest BCUT2D eigenvalue weighted by Crippen LogP contribution is 2.26. The Bertz CT molecular complexity index is 58.6. The molecule has 0 amide bonds. The molecule has 0 unspecified atom stereocenters. The SMILES string of the molecule is C[C@]1(CCl)CO1. The van der Waals surface area contributed by atoms with Crippen molar-refractivity contribution in [3.8, 4) is 0 Å². The van der Waals surface area contributed by atoms with Crippen LogP contribution in [0.2, 0.25) is 0 Å². The Morgan fingerprint density at radius 1 is 2.00 bits per heavy atom. The van der Waals surface area contributed by atoms with Gasteiger partial charge in [-0.25, -0.2) is 0 Å². The van der Waals surface area contributed by atoms with Crippen molar-refractivity contribution in [2.45, 2.75) is 12.5 Å². The third-order valence-corrected chi connectivity index (χ3v) is 1.49. The van der Waals surface area contributed by atoms with Gasteiger partial charge in [-0.1, -0.05) is 0 Å². The summed E-state index contributed by atoms with van der Waals surface area (Å²) >= 11 is 5.42. The summed E-state index contributed by atoms with van der Waals surface area (Å²) in [5, 5.41) is 0. The van der Waals surface area contributed by atoms with Gasteiger partial charge in [0.2, 0.25) is 0 Å². The maximum atomic E-state index is 5.42. The van der Waals surface area contributed by atoms with Gasteiger partial charge in [-0.05, 0) is 6.92 Å². The van der Waals surface area contributed by atoms with E-state index in [0.717, 1.165) is 6.61 Å². The summed E-state index contributed by atoms with van der Waals surface area (Å²) in [4.78, 5) is 0. The van der Waals surface area contributed by atoms with E-state index in [0.29, 0.717) is 5.88 Å². The quantitative estimate of drug-likeness (QED) is 0.359. The average molecular weight is 107 g/mol. The molecule has 1 atom stereocenters. The zero-order valence-corrected chi connectivity index (χ0v) is 4.46. The minimum atomic E-state index is 0.0571. The molecule has 0 saturated carbocycles. The van der Waals surface area contributed by atoms with Crippen LogP contribution in [0.15, 0.2) is 0 Å². The molecule has 1 aliphatic heterocycles. The minimum absolute atomic E-state index is 0.0571. The lowest BCUT2D eigenvalue weighted by atomic mass is 10.3. The van der Waals surface area contributed by atoms with Crippen molar-refractivity contribution in [1.82, 2.24) is 0 Å². The second-order valence-electron chi connectivity index (χ2n) is 1.87. The smallest absolute Gasteiger partial charge is 0.102 e. The van der Waals surface area contributed by atoms with Crippen LogP contribution in [0.1, 0.15) is 6.92 Å². The fourth-order valence-electron chi connectivity index (χ4n) is 0.200. The van der Waals surface area contributed by atoms with Crippen molar-refractivity contribution in [2.24, 2.45) is 0 Å². The molecule has 6 heavy (non-hydrogen) atoms. The summed E-state index contributed by atoms with van der Waals surface area (Å²) in [6.07, 6.45) is 0. The van der Waals surface area contributed by atoms with Gasteiger partial charge in [-0.3, -0.25) is 0 Å². The van der Waals surface area contributed by atoms with Crippen molar-refractivity contribution >= 4 is 11.6 Å². The Balaban J connectivity index is 2.28. The highest BCUT2D eigenvalue weighted by molar-refractivity contribution is 6.18. The van der Waals surface area contributed by atoms with Crippen molar-refractivity contribution < 1.29 is 4.74 Å². The van der Waals surface area contributed by atoms with Crippen LogP contribution in [0, 0.1) is 0 Å². The van der Waals surface area contributed by atoms with Gasteiger partial charge >= 0.3 is 0 Å². The van der Waals surface area contributed by atoms with E-state index >= 15 is 0 Å². The predicted octanol–water partition coefficient (Wildman–Crippen LogP) is 1.01. The molecule has 1 heterocycles. The Kier molecular flexibility index (Phi) is 0.815. The fourth-order valence-corrected chi connectivity index (χ4v) is 0.355. The number of ether oxygens (including phenoxy) is 1. The number of epoxide rings is 1. The highest BCUT2D eigenvalue weighted by Gasteiger charge is 2.37. The van der Waals surface area contributed by atoms with Crippen LogP contribution < -0.4 is 0 Å². The Morgan fingerprint density at radius 3 is 2.50 bits per heavy atom. The maximum absolute atomic E-state index is 5.42. The third-order valence-electron chi connectivity index (χ3n) is 0.920. The summed E-state index contributed by atoms with van der Waals surface area (Å²) in [6, 6.07) is 0. The van der Waals surface area contributed by atoms with Crippen LogP contribution in [-0.2, 0) is 4.74 Å². The molecule has 0 aromatic rings. The van der Waals surface area contributed by atoms with E-state index in [4.69, 9.17) is 16.3 Å². The van der Waals surface area contributed by atoms with E-state index in [1.54, 1.807) is 0 Å². The molecule has 1 aliphatic rings. The van der Waals surface area contributed by atoms with Gasteiger partial charge in [0, 0.05) is 0 Å². The summed E-state index contributed by atoms with van der Waals surface area (Å²) < 4.78 is 4.91. The lowest BCUT2D eigenvalue weighted by Gasteiger charge is -1.90. The van der Waals surface area contributed by atoms with Gasteiger partial charge < -0.3 is 4.74 Å². The van der Waals surface area contributed by atoms with E-state index in [1.807, 2.05) is 6.92 Å². The molecule has 0 bridgehead atoms. The van der Waals surface area contributed by atoms with Gasteiger partial charge in [0.1, 0.15) is 5.60 Å². The molecule has 1 nitrogen and oxygen atoms in total. The van der Waals surface area contributed by atoms with E-state index < -0.39 is 0 Å². The number of rotatable bonds is 1. The summed E-state index contributed by atoms with van der Waals surface area (Å²) in [7, 11) is 0. The Morgan fingerprint density at radius 2 is 2.50 bits per heavy atom. The zero-order valence-electron chi connectivity index (χ0n) is 3.70. The van der Waals surface area contributed by atoms with Crippen LogP contribution >= 0.6 is 11.6 Å². The lowest BCUT2D eigenvalue weighted by Crippen LogP contribution is -2.04. The molecule has 0 aromatic carbocycles. The molecule has 2 heteroatoms. The number of hydrogen-bond donors (Lipinski definition) is 0. The summed E-state index contributed by atoms with van der Waals surface area (Å²) in [5.74, 6) is 0.632. The average Bonchev–Trinajstić information content (AvgIpc) is 2.22. The fraction of sp³-hybridized carbons (Fsp3) is 1.00. The summed E-state index contributed by atoms with van der Waals surface area (Å²) in [6.45, 7) is 2.84. The molecule has 1 saturated heterocycles. The Hall–Kier alpha value is 0.250. The molecule has 1 fully saturated rings. The molecule has 36 valence electrons. The normalized spacial score (nSPS) is 43.0. The monoisotopic (exact) mass is 106 g/mol. The molecule has 0 radical (unpaired) electrons. The van der Waals surface area contributed by atoms with Gasteiger partial charge in [0.15, 0.2) is 0 Å². The Labute approximate surface area is 42.2 Å². The van der Waals surface area contributed by atoms with Crippen molar-refractivity contribution in [1.29, 1.82) is 0 Å². The third kappa shape index (κ3) is 0.660. The predicted molar refractivity (Wildman–Crippen MR) is 25.1 cm³/mol. The molecular weight excluding hydrogens is 99.5 g/mol. The van der Waals surface area contributed by atoms with Crippen molar-refractivity contribution in [3.05, 3.63) is 0 Å². The zero-order chi connectivity index (χ0) is 4.62. The van der Waals surface area contributed by atoms with Crippen LogP contribution in [0.5, 0.6) is 0 Å². The van der Waals surface area contributed by atoms with Crippen LogP contribution in [0.25, 0.3) is 0 Å². The van der Waals surface area contributed by atoms with Crippen LogP contribution in [-0.4, -0.2) is 18.1 Å². The molecular formula is C4H7ClO. The first kappa shape index (κ1) is 4.41. The molecule has 1 rings (SSSR count).